The molecule has 0 spiro atoms. The third-order valence-electron chi connectivity index (χ3n) is 0.111. The number of hydrogen-bond donors (Lipinski definition) is 0. The van der Waals surface area contributed by atoms with E-state index in [1.807, 2.05) is 0 Å². The maximum atomic E-state index is 9.16. The zero-order valence-electron chi connectivity index (χ0n) is 2.38. The second kappa shape index (κ2) is 3.80. The fourth-order valence-corrected chi connectivity index (χ4v) is 0.0680. The molecule has 0 aromatic heterocycles. The van der Waals surface area contributed by atoms with Crippen LogP contribution in [0.1, 0.15) is 0 Å². The Morgan fingerprint density at radius 2 is 2.40 bits per heavy atom. The zero-order chi connectivity index (χ0) is 4.12. The van der Waals surface area contributed by atoms with Gasteiger partial charge >= 0.3 is 34.3 Å². The minimum absolute atomic E-state index is 0.155. The molecule has 0 saturated heterocycles. The summed E-state index contributed by atoms with van der Waals surface area (Å²) in [5, 5.41) is 0. The number of rotatable bonds is 2. The monoisotopic (exact) mass is 88.0 g/mol. The van der Waals surface area contributed by atoms with Gasteiger partial charge in [-0.1, -0.05) is 0 Å². The normalized spacial score (nSPS) is 4.80. The Bertz CT molecular complexity index is 36.2. The topological polar surface area (TPSA) is 43.4 Å². The number of carbonyl (C=O) groups is 1. The summed E-state index contributed by atoms with van der Waals surface area (Å²) >= 11 is -1.33. The number of hydrogen-bond acceptors (Lipinski definition) is 3. The summed E-state index contributed by atoms with van der Waals surface area (Å²) in [6, 6.07) is 0. The SMILES string of the molecule is O=C[O][Al]=[O]. The molecule has 0 radical (unpaired) electrons. The standard InChI is InChI=1S/CH2O2.Al.O/c2-1-3;;/h1H,(H,2,3);;/q;+1;/p-1. The van der Waals surface area contributed by atoms with E-state index in [4.69, 9.17) is 8.60 Å². The molecule has 0 bridgehead atoms. The summed E-state index contributed by atoms with van der Waals surface area (Å²) in [4.78, 5) is 9.00. The molecule has 0 fully saturated rings. The Labute approximate surface area is 35.2 Å². The molecule has 0 aromatic carbocycles. The van der Waals surface area contributed by atoms with Gasteiger partial charge in [-0.05, 0) is 0 Å². The van der Waals surface area contributed by atoms with Crippen LogP contribution in [0.25, 0.3) is 0 Å². The van der Waals surface area contributed by atoms with Crippen molar-refractivity contribution in [2.75, 3.05) is 0 Å². The van der Waals surface area contributed by atoms with Crippen LogP contribution in [0.15, 0.2) is 0 Å². The van der Waals surface area contributed by atoms with Gasteiger partial charge in [0.2, 0.25) is 0 Å². The maximum absolute atomic E-state index is 9.16. The third-order valence-corrected chi connectivity index (χ3v) is 0.333. The van der Waals surface area contributed by atoms with Crippen LogP contribution in [0.3, 0.4) is 0 Å². The van der Waals surface area contributed by atoms with E-state index in [1.165, 1.54) is 0 Å². The van der Waals surface area contributed by atoms with Crippen molar-refractivity contribution in [3.8, 4) is 0 Å². The molecule has 0 aliphatic carbocycles. The van der Waals surface area contributed by atoms with Gasteiger partial charge in [-0.3, -0.25) is 0 Å². The van der Waals surface area contributed by atoms with Gasteiger partial charge < -0.3 is 0 Å². The van der Waals surface area contributed by atoms with E-state index in [0.717, 1.165) is 0 Å². The molecule has 0 aliphatic heterocycles. The molecule has 0 heterocycles. The molecule has 0 aromatic rings. The van der Waals surface area contributed by atoms with Gasteiger partial charge in [0.25, 0.3) is 0 Å². The van der Waals surface area contributed by atoms with Crippen LogP contribution in [-0.2, 0) is 12.4 Å². The first kappa shape index (κ1) is 4.80. The molecule has 0 rings (SSSR count). The van der Waals surface area contributed by atoms with Crippen molar-refractivity contribution < 1.29 is 12.4 Å². The molecule has 0 aliphatic rings. The summed E-state index contributed by atoms with van der Waals surface area (Å²) < 4.78 is 12.8. The fraction of sp³-hybridized carbons (Fsp3) is 0. The Hall–Kier alpha value is -0.198. The molecule has 0 N–H and O–H groups in total. The summed E-state index contributed by atoms with van der Waals surface area (Å²) in [5.74, 6) is 0. The fourth-order valence-electron chi connectivity index (χ4n) is 0.0227. The van der Waals surface area contributed by atoms with Crippen molar-refractivity contribution in [1.29, 1.82) is 0 Å². The van der Waals surface area contributed by atoms with Gasteiger partial charge in [0, 0.05) is 0 Å². The van der Waals surface area contributed by atoms with E-state index in [1.54, 1.807) is 0 Å². The van der Waals surface area contributed by atoms with E-state index < -0.39 is 15.5 Å². The Kier molecular flexibility index (Phi) is 3.65. The van der Waals surface area contributed by atoms with Crippen molar-refractivity contribution in [3.05, 3.63) is 0 Å². The second-order valence-electron chi connectivity index (χ2n) is 0.329. The van der Waals surface area contributed by atoms with E-state index in [9.17, 15) is 0 Å². The van der Waals surface area contributed by atoms with Gasteiger partial charge in [0.15, 0.2) is 0 Å². The molecule has 0 amide bonds. The summed E-state index contributed by atoms with van der Waals surface area (Å²) in [5.41, 5.74) is 0. The van der Waals surface area contributed by atoms with E-state index in [0.29, 0.717) is 0 Å². The van der Waals surface area contributed by atoms with Crippen LogP contribution >= 0.6 is 0 Å². The summed E-state index contributed by atoms with van der Waals surface area (Å²) in [7, 11) is 0. The second-order valence-corrected chi connectivity index (χ2v) is 0.793. The quantitative estimate of drug-likeness (QED) is 0.325. The molecule has 0 unspecified atom stereocenters. The molecule has 4 heteroatoms. The summed E-state index contributed by atoms with van der Waals surface area (Å²) in [6.45, 7) is 0.155. The predicted molar refractivity (Wildman–Crippen MR) is 13.6 cm³/mol. The Morgan fingerprint density at radius 3 is 2.40 bits per heavy atom. The van der Waals surface area contributed by atoms with Crippen LogP contribution in [0, 0.1) is 0 Å². The molecule has 0 saturated carbocycles. The van der Waals surface area contributed by atoms with Crippen LogP contribution in [0.2, 0.25) is 0 Å². The predicted octanol–water partition coefficient (Wildman–Crippen LogP) is -0.876. The molecule has 26 valence electrons. The van der Waals surface area contributed by atoms with Crippen molar-refractivity contribution in [3.63, 3.8) is 0 Å². The first-order chi connectivity index (χ1) is 2.41. The Balaban J connectivity index is 2.65. The van der Waals surface area contributed by atoms with Gasteiger partial charge in [0.1, 0.15) is 0 Å². The number of carbonyl (C=O) groups excluding carboxylic acids is 1. The van der Waals surface area contributed by atoms with Crippen LogP contribution in [0.5, 0.6) is 0 Å². The van der Waals surface area contributed by atoms with Crippen molar-refractivity contribution in [1.82, 2.24) is 0 Å². The minimum atomic E-state index is -1.33. The zero-order valence-corrected chi connectivity index (χ0v) is 3.53. The average Bonchev–Trinajstić information content (AvgIpc) is 1.41. The van der Waals surface area contributed by atoms with Crippen LogP contribution < -0.4 is 0 Å². The molecule has 0 atom stereocenters. The average molecular weight is 88.0 g/mol. The summed E-state index contributed by atoms with van der Waals surface area (Å²) in [6.07, 6.45) is 0. The first-order valence-corrected chi connectivity index (χ1v) is 1.89. The van der Waals surface area contributed by atoms with E-state index >= 15 is 0 Å². The van der Waals surface area contributed by atoms with Gasteiger partial charge in [0.05, 0.1) is 0 Å². The van der Waals surface area contributed by atoms with Crippen molar-refractivity contribution in [2.24, 2.45) is 0 Å². The van der Waals surface area contributed by atoms with Crippen molar-refractivity contribution in [2.45, 2.75) is 0 Å². The third kappa shape index (κ3) is 3.80. The Morgan fingerprint density at radius 1 is 1.80 bits per heavy atom. The van der Waals surface area contributed by atoms with Gasteiger partial charge in [-0.25, -0.2) is 0 Å². The van der Waals surface area contributed by atoms with Gasteiger partial charge in [-0.2, -0.15) is 0 Å². The van der Waals surface area contributed by atoms with E-state index in [-0.39, 0.29) is 6.47 Å². The molecule has 5 heavy (non-hydrogen) atoms. The molecular weight excluding hydrogens is 87.0 g/mol. The van der Waals surface area contributed by atoms with Crippen LogP contribution in [-0.4, -0.2) is 22.0 Å². The van der Waals surface area contributed by atoms with Crippen LogP contribution in [0.4, 0.5) is 0 Å². The van der Waals surface area contributed by atoms with E-state index in [2.05, 4.69) is 3.79 Å². The first-order valence-electron chi connectivity index (χ1n) is 0.943. The molecule has 3 nitrogen and oxygen atoms in total. The van der Waals surface area contributed by atoms with Gasteiger partial charge in [-0.15, -0.1) is 0 Å². The van der Waals surface area contributed by atoms with Crippen molar-refractivity contribution >= 4 is 22.0 Å². The molecular formula is CHAlO3.